The number of methoxy groups -OCH3 is 1. The number of benzene rings is 1. The van der Waals surface area contributed by atoms with Crippen LogP contribution in [-0.2, 0) is 17.8 Å². The topological polar surface area (TPSA) is 48.9 Å². The summed E-state index contributed by atoms with van der Waals surface area (Å²) in [6, 6.07) is 8.92. The van der Waals surface area contributed by atoms with Gasteiger partial charge in [0.1, 0.15) is 0 Å². The van der Waals surface area contributed by atoms with Gasteiger partial charge in [0.2, 0.25) is 0 Å². The highest BCUT2D eigenvalue weighted by Crippen LogP contribution is 2.22. The van der Waals surface area contributed by atoms with Gasteiger partial charge in [-0.1, -0.05) is 38.1 Å². The fourth-order valence-electron chi connectivity index (χ4n) is 3.62. The Hall–Kier alpha value is -0.860. The second-order valence-corrected chi connectivity index (χ2v) is 7.30. The van der Waals surface area contributed by atoms with Gasteiger partial charge in [-0.05, 0) is 29.4 Å². The number of ether oxygens (including phenoxy) is 1. The lowest BCUT2D eigenvalue weighted by molar-refractivity contribution is 0.134. The molecule has 0 spiro atoms. The molecule has 1 heterocycles. The Morgan fingerprint density at radius 3 is 2.31 bits per heavy atom. The van der Waals surface area contributed by atoms with E-state index in [2.05, 4.69) is 58.6 Å². The summed E-state index contributed by atoms with van der Waals surface area (Å²) in [6.07, 6.45) is 1.36. The molecule has 0 aromatic heterocycles. The normalized spacial score (nSPS) is 21.2. The third kappa shape index (κ3) is 8.22. The smallest absolute Gasteiger partial charge is 0.191 e. The molecule has 2 N–H and O–H groups in total. The van der Waals surface area contributed by atoms with Crippen molar-refractivity contribution in [3.8, 4) is 0 Å². The number of aliphatic imine (C=N–C) groups is 1. The molecule has 1 saturated heterocycles. The Morgan fingerprint density at radius 2 is 1.73 bits per heavy atom. The average molecular weight is 474 g/mol. The maximum atomic E-state index is 5.04. The van der Waals surface area contributed by atoms with Crippen LogP contribution in [0.3, 0.4) is 0 Å². The Kier molecular flexibility index (Phi) is 11.2. The van der Waals surface area contributed by atoms with Gasteiger partial charge in [0, 0.05) is 46.9 Å². The number of guanidine groups is 1. The molecule has 2 unspecified atom stereocenters. The van der Waals surface area contributed by atoms with Crippen molar-refractivity contribution >= 4 is 29.9 Å². The highest BCUT2D eigenvalue weighted by atomic mass is 127. The summed E-state index contributed by atoms with van der Waals surface area (Å²) in [5.74, 6) is 2.42. The molecule has 1 fully saturated rings. The standard InChI is InChI=1S/C20H34N4O.HI/c1-16-11-17(2)14-24(13-16)15-19-7-5-18(6-8-19)12-23-20(21-3)22-9-10-25-4;/h5-8,16-17H,9-15H2,1-4H3,(H2,21,22,23);1H. The monoisotopic (exact) mass is 474 g/mol. The fraction of sp³-hybridized carbons (Fsp3) is 0.650. The van der Waals surface area contributed by atoms with E-state index in [0.717, 1.165) is 37.4 Å². The maximum absolute atomic E-state index is 5.04. The largest absolute Gasteiger partial charge is 0.383 e. The Morgan fingerprint density at radius 1 is 1.12 bits per heavy atom. The van der Waals surface area contributed by atoms with Gasteiger partial charge in [-0.25, -0.2) is 0 Å². The van der Waals surface area contributed by atoms with E-state index in [4.69, 9.17) is 4.74 Å². The zero-order valence-electron chi connectivity index (χ0n) is 16.6. The lowest BCUT2D eigenvalue weighted by atomic mass is 9.91. The van der Waals surface area contributed by atoms with E-state index in [1.165, 1.54) is 30.6 Å². The summed E-state index contributed by atoms with van der Waals surface area (Å²) in [5.41, 5.74) is 2.66. The Labute approximate surface area is 176 Å². The molecule has 0 amide bonds. The van der Waals surface area contributed by atoms with E-state index in [1.807, 2.05) is 0 Å². The van der Waals surface area contributed by atoms with Crippen molar-refractivity contribution in [2.75, 3.05) is 40.4 Å². The molecule has 0 saturated carbocycles. The molecule has 1 aromatic rings. The van der Waals surface area contributed by atoms with Crippen molar-refractivity contribution in [3.63, 3.8) is 0 Å². The lowest BCUT2D eigenvalue weighted by Crippen LogP contribution is -2.38. The summed E-state index contributed by atoms with van der Waals surface area (Å²) >= 11 is 0. The fourth-order valence-corrected chi connectivity index (χ4v) is 3.62. The number of nitrogens with zero attached hydrogens (tertiary/aromatic N) is 2. The van der Waals surface area contributed by atoms with Gasteiger partial charge in [0.05, 0.1) is 6.61 Å². The second kappa shape index (κ2) is 12.5. The molecule has 0 radical (unpaired) electrons. The molecule has 0 aliphatic carbocycles. The molecule has 2 rings (SSSR count). The molecule has 6 heteroatoms. The van der Waals surface area contributed by atoms with E-state index in [9.17, 15) is 0 Å². The third-order valence-corrected chi connectivity index (χ3v) is 4.66. The summed E-state index contributed by atoms with van der Waals surface area (Å²) in [5, 5.41) is 6.55. The first-order chi connectivity index (χ1) is 12.1. The molecule has 26 heavy (non-hydrogen) atoms. The number of nitrogens with one attached hydrogen (secondary N) is 2. The molecule has 148 valence electrons. The zero-order chi connectivity index (χ0) is 18.1. The van der Waals surface area contributed by atoms with Crippen molar-refractivity contribution in [1.82, 2.24) is 15.5 Å². The zero-order valence-corrected chi connectivity index (χ0v) is 19.0. The summed E-state index contributed by atoms with van der Waals surface area (Å²) in [4.78, 5) is 6.81. The van der Waals surface area contributed by atoms with E-state index >= 15 is 0 Å². The number of likely N-dealkylation sites (tertiary alicyclic amines) is 1. The summed E-state index contributed by atoms with van der Waals surface area (Å²) in [7, 11) is 3.48. The van der Waals surface area contributed by atoms with Crippen molar-refractivity contribution in [2.45, 2.75) is 33.4 Å². The van der Waals surface area contributed by atoms with Crippen molar-refractivity contribution in [2.24, 2.45) is 16.8 Å². The number of piperidine rings is 1. The van der Waals surface area contributed by atoms with Crippen LogP contribution in [0.2, 0.25) is 0 Å². The van der Waals surface area contributed by atoms with Gasteiger partial charge >= 0.3 is 0 Å². The number of halogens is 1. The van der Waals surface area contributed by atoms with Gasteiger partial charge in [-0.2, -0.15) is 0 Å². The first-order valence-corrected chi connectivity index (χ1v) is 9.34. The minimum Gasteiger partial charge on any atom is -0.383 e. The predicted octanol–water partition coefficient (Wildman–Crippen LogP) is 3.09. The van der Waals surface area contributed by atoms with Crippen LogP contribution >= 0.6 is 24.0 Å². The van der Waals surface area contributed by atoms with Gasteiger partial charge < -0.3 is 15.4 Å². The van der Waals surface area contributed by atoms with Crippen molar-refractivity contribution in [1.29, 1.82) is 0 Å². The highest BCUT2D eigenvalue weighted by Gasteiger charge is 2.21. The van der Waals surface area contributed by atoms with Crippen LogP contribution in [0.1, 0.15) is 31.4 Å². The average Bonchev–Trinajstić information content (AvgIpc) is 2.58. The predicted molar refractivity (Wildman–Crippen MR) is 120 cm³/mol. The quantitative estimate of drug-likeness (QED) is 0.276. The summed E-state index contributed by atoms with van der Waals surface area (Å²) in [6.45, 7) is 10.4. The van der Waals surface area contributed by atoms with Crippen LogP contribution in [0, 0.1) is 11.8 Å². The SMILES string of the molecule is CN=C(NCCOC)NCc1ccc(CN2CC(C)CC(C)C2)cc1.I. The molecule has 0 bridgehead atoms. The van der Waals surface area contributed by atoms with E-state index in [0.29, 0.717) is 6.61 Å². The number of hydrogen-bond acceptors (Lipinski definition) is 3. The Bertz CT molecular complexity index is 525. The van der Waals surface area contributed by atoms with Gasteiger partial charge in [0.15, 0.2) is 5.96 Å². The minimum atomic E-state index is 0. The van der Waals surface area contributed by atoms with Crippen LogP contribution in [-0.4, -0.2) is 51.3 Å². The minimum absolute atomic E-state index is 0. The van der Waals surface area contributed by atoms with Crippen molar-refractivity contribution < 1.29 is 4.74 Å². The first-order valence-electron chi connectivity index (χ1n) is 9.34. The molecule has 2 atom stereocenters. The van der Waals surface area contributed by atoms with Crippen LogP contribution in [0.5, 0.6) is 0 Å². The number of hydrogen-bond donors (Lipinski definition) is 2. The van der Waals surface area contributed by atoms with Gasteiger partial charge in [0.25, 0.3) is 0 Å². The van der Waals surface area contributed by atoms with Crippen LogP contribution < -0.4 is 10.6 Å². The molecular formula is C20H35IN4O. The molecule has 1 aliphatic heterocycles. The van der Waals surface area contributed by atoms with Gasteiger partial charge in [-0.15, -0.1) is 24.0 Å². The van der Waals surface area contributed by atoms with Crippen LogP contribution in [0.15, 0.2) is 29.3 Å². The van der Waals surface area contributed by atoms with Crippen molar-refractivity contribution in [3.05, 3.63) is 35.4 Å². The van der Waals surface area contributed by atoms with Crippen LogP contribution in [0.4, 0.5) is 0 Å². The third-order valence-electron chi connectivity index (χ3n) is 4.66. The highest BCUT2D eigenvalue weighted by molar-refractivity contribution is 14.0. The molecule has 1 aliphatic rings. The van der Waals surface area contributed by atoms with E-state index in [-0.39, 0.29) is 24.0 Å². The van der Waals surface area contributed by atoms with Crippen LogP contribution in [0.25, 0.3) is 0 Å². The maximum Gasteiger partial charge on any atom is 0.191 e. The molecule has 1 aromatic carbocycles. The molecular weight excluding hydrogens is 439 g/mol. The Balaban J connectivity index is 0.00000338. The summed E-state index contributed by atoms with van der Waals surface area (Å²) < 4.78 is 5.04. The van der Waals surface area contributed by atoms with E-state index < -0.39 is 0 Å². The van der Waals surface area contributed by atoms with E-state index in [1.54, 1.807) is 14.2 Å². The number of rotatable bonds is 7. The lowest BCUT2D eigenvalue weighted by Gasteiger charge is -2.35. The molecule has 5 nitrogen and oxygen atoms in total. The first kappa shape index (κ1) is 23.2. The second-order valence-electron chi connectivity index (χ2n) is 7.30. The van der Waals surface area contributed by atoms with Gasteiger partial charge in [-0.3, -0.25) is 9.89 Å².